The molecular weight excluding hydrogens is 474 g/mol. The van der Waals surface area contributed by atoms with E-state index < -0.39 is 0 Å². The number of amides is 1. The molecule has 2 aromatic rings. The Hall–Kier alpha value is -1.01. The second-order valence-electron chi connectivity index (χ2n) is 6.51. The van der Waals surface area contributed by atoms with E-state index in [0.717, 1.165) is 5.56 Å². The Kier molecular flexibility index (Phi) is 6.90. The normalized spacial score (nSPS) is 20.6. The van der Waals surface area contributed by atoms with Crippen LogP contribution in [0.25, 0.3) is 0 Å². The molecule has 1 aromatic carbocycles. The fourth-order valence-corrected chi connectivity index (χ4v) is 4.17. The van der Waals surface area contributed by atoms with Crippen molar-refractivity contribution in [3.8, 4) is 5.88 Å². The number of carbonyl (C=O) groups excluding carboxylic acids is 1. The van der Waals surface area contributed by atoms with Crippen LogP contribution in [0, 0.1) is 5.92 Å². The molecule has 1 saturated heterocycles. The predicted molar refractivity (Wildman–Crippen MR) is 112 cm³/mol. The maximum absolute atomic E-state index is 12.2. The SMILES string of the molecule is C[C@H](Oc1ccc(Cl)cn1)[C@@H]1CN(C(=O)CBr)C[C@@H]1c1ccc(Cl)c(Cl)c1. The Morgan fingerprint density at radius 3 is 2.67 bits per heavy atom. The first-order valence-corrected chi connectivity index (χ1v) is 10.7. The number of carbonyl (C=O) groups is 1. The van der Waals surface area contributed by atoms with Gasteiger partial charge in [0.2, 0.25) is 11.8 Å². The summed E-state index contributed by atoms with van der Waals surface area (Å²) in [6.45, 7) is 3.20. The van der Waals surface area contributed by atoms with Gasteiger partial charge in [-0.25, -0.2) is 4.98 Å². The molecule has 1 amide bonds. The maximum Gasteiger partial charge on any atom is 0.233 e. The minimum absolute atomic E-state index is 0.0550. The first kappa shape index (κ1) is 20.7. The molecule has 8 heteroatoms. The quantitative estimate of drug-likeness (QED) is 0.522. The van der Waals surface area contributed by atoms with E-state index in [1.807, 2.05) is 24.0 Å². The smallest absolute Gasteiger partial charge is 0.233 e. The molecule has 0 aliphatic carbocycles. The van der Waals surface area contributed by atoms with Crippen molar-refractivity contribution in [1.82, 2.24) is 9.88 Å². The van der Waals surface area contributed by atoms with Gasteiger partial charge in [0.15, 0.2) is 0 Å². The Morgan fingerprint density at radius 2 is 2.04 bits per heavy atom. The molecule has 0 saturated carbocycles. The molecule has 1 fully saturated rings. The van der Waals surface area contributed by atoms with Gasteiger partial charge >= 0.3 is 0 Å². The van der Waals surface area contributed by atoms with Crippen LogP contribution < -0.4 is 4.74 Å². The molecule has 0 N–H and O–H groups in total. The third-order valence-corrected chi connectivity index (χ3v) is 6.26. The summed E-state index contributed by atoms with van der Waals surface area (Å²) < 4.78 is 6.04. The number of nitrogens with zero attached hydrogens (tertiary/aromatic N) is 2. The lowest BCUT2D eigenvalue weighted by atomic mass is 9.86. The number of halogens is 4. The minimum Gasteiger partial charge on any atom is -0.474 e. The fraction of sp³-hybridized carbons (Fsp3) is 0.368. The zero-order valence-corrected chi connectivity index (χ0v) is 18.4. The summed E-state index contributed by atoms with van der Waals surface area (Å²) in [6, 6.07) is 9.10. The number of alkyl halides is 1. The van der Waals surface area contributed by atoms with Crippen LogP contribution in [0.1, 0.15) is 18.4 Å². The summed E-state index contributed by atoms with van der Waals surface area (Å²) >= 11 is 21.4. The molecule has 1 aromatic heterocycles. The topological polar surface area (TPSA) is 42.4 Å². The molecule has 0 radical (unpaired) electrons. The van der Waals surface area contributed by atoms with Crippen LogP contribution in [0.4, 0.5) is 0 Å². The van der Waals surface area contributed by atoms with Crippen LogP contribution in [0.2, 0.25) is 15.1 Å². The minimum atomic E-state index is -0.161. The summed E-state index contributed by atoms with van der Waals surface area (Å²) in [7, 11) is 0. The van der Waals surface area contributed by atoms with Crippen LogP contribution in [-0.4, -0.2) is 40.3 Å². The van der Waals surface area contributed by atoms with E-state index in [1.165, 1.54) is 0 Å². The Morgan fingerprint density at radius 1 is 1.26 bits per heavy atom. The predicted octanol–water partition coefficient (Wildman–Crippen LogP) is 5.45. The van der Waals surface area contributed by atoms with Gasteiger partial charge in [0, 0.05) is 37.2 Å². The number of rotatable bonds is 5. The van der Waals surface area contributed by atoms with Gasteiger partial charge in [-0.15, -0.1) is 0 Å². The highest BCUT2D eigenvalue weighted by Crippen LogP contribution is 2.38. The summed E-state index contributed by atoms with van der Waals surface area (Å²) in [5.41, 5.74) is 1.04. The molecule has 1 aliphatic heterocycles. The number of aromatic nitrogens is 1. The Bertz CT molecular complexity index is 819. The van der Waals surface area contributed by atoms with Crippen LogP contribution in [0.3, 0.4) is 0 Å². The zero-order chi connectivity index (χ0) is 19.6. The van der Waals surface area contributed by atoms with Crippen molar-refractivity contribution in [1.29, 1.82) is 0 Å². The Balaban J connectivity index is 1.84. The second kappa shape index (κ2) is 8.99. The highest BCUT2D eigenvalue weighted by Gasteiger charge is 2.40. The monoisotopic (exact) mass is 490 g/mol. The van der Waals surface area contributed by atoms with E-state index in [4.69, 9.17) is 39.5 Å². The van der Waals surface area contributed by atoms with Crippen molar-refractivity contribution in [2.75, 3.05) is 18.4 Å². The van der Waals surface area contributed by atoms with E-state index in [9.17, 15) is 4.79 Å². The third kappa shape index (κ3) is 4.89. The van der Waals surface area contributed by atoms with Crippen molar-refractivity contribution in [2.24, 2.45) is 5.92 Å². The van der Waals surface area contributed by atoms with Crippen molar-refractivity contribution in [3.63, 3.8) is 0 Å². The van der Waals surface area contributed by atoms with Gasteiger partial charge in [-0.05, 0) is 30.7 Å². The number of pyridine rings is 1. The van der Waals surface area contributed by atoms with Crippen molar-refractivity contribution < 1.29 is 9.53 Å². The highest BCUT2D eigenvalue weighted by molar-refractivity contribution is 9.09. The van der Waals surface area contributed by atoms with E-state index in [1.54, 1.807) is 24.4 Å². The molecule has 1 aliphatic rings. The molecule has 0 bridgehead atoms. The van der Waals surface area contributed by atoms with Gasteiger partial charge in [-0.1, -0.05) is 56.8 Å². The lowest BCUT2D eigenvalue weighted by molar-refractivity contribution is -0.127. The zero-order valence-electron chi connectivity index (χ0n) is 14.5. The number of hydrogen-bond acceptors (Lipinski definition) is 3. The lowest BCUT2D eigenvalue weighted by Gasteiger charge is -2.25. The van der Waals surface area contributed by atoms with E-state index in [-0.39, 0.29) is 23.8 Å². The number of likely N-dealkylation sites (tertiary alicyclic amines) is 1. The molecule has 144 valence electrons. The van der Waals surface area contributed by atoms with Gasteiger partial charge in [0.25, 0.3) is 0 Å². The van der Waals surface area contributed by atoms with Crippen LogP contribution in [0.5, 0.6) is 5.88 Å². The summed E-state index contributed by atoms with van der Waals surface area (Å²) in [4.78, 5) is 18.3. The van der Waals surface area contributed by atoms with Crippen LogP contribution in [-0.2, 0) is 4.79 Å². The molecule has 3 atom stereocenters. The first-order chi connectivity index (χ1) is 12.9. The van der Waals surface area contributed by atoms with Crippen LogP contribution >= 0.6 is 50.7 Å². The molecular formula is C19H18BrCl3N2O2. The first-order valence-electron chi connectivity index (χ1n) is 8.46. The van der Waals surface area contributed by atoms with Crippen LogP contribution in [0.15, 0.2) is 36.5 Å². The highest BCUT2D eigenvalue weighted by atomic mass is 79.9. The van der Waals surface area contributed by atoms with Gasteiger partial charge in [0.05, 0.1) is 20.4 Å². The number of benzene rings is 1. The number of ether oxygens (including phenoxy) is 1. The van der Waals surface area contributed by atoms with E-state index >= 15 is 0 Å². The molecule has 0 spiro atoms. The molecule has 27 heavy (non-hydrogen) atoms. The van der Waals surface area contributed by atoms with Gasteiger partial charge in [-0.2, -0.15) is 0 Å². The average Bonchev–Trinajstić information content (AvgIpc) is 3.11. The largest absolute Gasteiger partial charge is 0.474 e. The maximum atomic E-state index is 12.2. The standard InChI is InChI=1S/C19H18BrCl3N2O2/c1-11(27-18-5-3-13(21)8-24-18)14-9-25(19(26)7-20)10-15(14)12-2-4-16(22)17(23)6-12/h2-6,8,11,14-15H,7,9-10H2,1H3/t11-,14-,15+/m0/s1. The fourth-order valence-electron chi connectivity index (χ4n) is 3.40. The number of hydrogen-bond donors (Lipinski definition) is 0. The Labute approximate surface area is 181 Å². The van der Waals surface area contributed by atoms with Crippen molar-refractivity contribution >= 4 is 56.6 Å². The van der Waals surface area contributed by atoms with Gasteiger partial charge < -0.3 is 9.64 Å². The molecule has 4 nitrogen and oxygen atoms in total. The third-order valence-electron chi connectivity index (χ3n) is 4.81. The summed E-state index contributed by atoms with van der Waals surface area (Å²) in [5.74, 6) is 0.734. The van der Waals surface area contributed by atoms with E-state index in [2.05, 4.69) is 20.9 Å². The lowest BCUT2D eigenvalue weighted by Crippen LogP contribution is -2.32. The molecule has 0 unspecified atom stereocenters. The summed E-state index contributed by atoms with van der Waals surface area (Å²) in [5, 5.41) is 1.87. The molecule has 3 rings (SSSR count). The summed E-state index contributed by atoms with van der Waals surface area (Å²) in [6.07, 6.45) is 1.39. The van der Waals surface area contributed by atoms with Gasteiger partial charge in [-0.3, -0.25) is 4.79 Å². The van der Waals surface area contributed by atoms with Crippen molar-refractivity contribution in [3.05, 3.63) is 57.2 Å². The van der Waals surface area contributed by atoms with E-state index in [0.29, 0.717) is 39.4 Å². The average molecular weight is 493 g/mol. The van der Waals surface area contributed by atoms with Crippen molar-refractivity contribution in [2.45, 2.75) is 18.9 Å². The second-order valence-corrected chi connectivity index (χ2v) is 8.33. The van der Waals surface area contributed by atoms with Gasteiger partial charge in [0.1, 0.15) is 6.10 Å². The molecule has 2 heterocycles.